The van der Waals surface area contributed by atoms with E-state index in [0.29, 0.717) is 12.0 Å². The quantitative estimate of drug-likeness (QED) is 0.651. The van der Waals surface area contributed by atoms with Crippen LogP contribution in [0, 0.1) is 0 Å². The van der Waals surface area contributed by atoms with Crippen LogP contribution in [0.25, 0.3) is 10.8 Å². The molecular weight excluding hydrogens is 312 g/mol. The number of likely N-dealkylation sites (N-methyl/N-ethyl adjacent to an activating group) is 1. The molecule has 132 valence electrons. The van der Waals surface area contributed by atoms with Crippen molar-refractivity contribution in [3.05, 3.63) is 48.0 Å². The van der Waals surface area contributed by atoms with Crippen molar-refractivity contribution >= 4 is 22.6 Å². The third-order valence-corrected chi connectivity index (χ3v) is 4.42. The van der Waals surface area contributed by atoms with Crippen LogP contribution in [0.4, 0.5) is 0 Å². The van der Waals surface area contributed by atoms with Gasteiger partial charge in [-0.15, -0.1) is 0 Å². The van der Waals surface area contributed by atoms with Gasteiger partial charge in [0.1, 0.15) is 6.54 Å². The molecule has 1 aliphatic rings. The summed E-state index contributed by atoms with van der Waals surface area (Å²) in [6.07, 6.45) is 2.32. The van der Waals surface area contributed by atoms with Gasteiger partial charge in [-0.1, -0.05) is 36.4 Å². The Balaban J connectivity index is 1.72. The fraction of sp³-hybridized carbons (Fsp3) is 0.400. The van der Waals surface area contributed by atoms with Crippen LogP contribution in [0.5, 0.6) is 0 Å². The van der Waals surface area contributed by atoms with Gasteiger partial charge < -0.3 is 15.5 Å². The summed E-state index contributed by atoms with van der Waals surface area (Å²) in [7, 11) is 3.49. The van der Waals surface area contributed by atoms with E-state index in [9.17, 15) is 4.79 Å². The molecule has 0 saturated heterocycles. The number of hydrogen-bond acceptors (Lipinski definition) is 2. The monoisotopic (exact) mass is 338 g/mol. The van der Waals surface area contributed by atoms with Crippen molar-refractivity contribution < 1.29 is 4.79 Å². The number of carbonyl (C=O) groups is 1. The molecule has 1 fully saturated rings. The molecule has 5 heteroatoms. The van der Waals surface area contributed by atoms with Crippen molar-refractivity contribution in [2.75, 3.05) is 20.6 Å². The number of aliphatic imine (C=N–C) groups is 1. The van der Waals surface area contributed by atoms with E-state index in [0.717, 1.165) is 12.8 Å². The summed E-state index contributed by atoms with van der Waals surface area (Å²) >= 11 is 0. The summed E-state index contributed by atoms with van der Waals surface area (Å²) < 4.78 is 0. The van der Waals surface area contributed by atoms with Gasteiger partial charge in [-0.25, -0.2) is 4.99 Å². The van der Waals surface area contributed by atoms with Crippen LogP contribution in [0.15, 0.2) is 47.5 Å². The third kappa shape index (κ3) is 4.72. The van der Waals surface area contributed by atoms with E-state index >= 15 is 0 Å². The Bertz CT molecular complexity index is 780. The Labute approximate surface area is 149 Å². The highest BCUT2D eigenvalue weighted by Gasteiger charge is 2.23. The third-order valence-electron chi connectivity index (χ3n) is 4.42. The summed E-state index contributed by atoms with van der Waals surface area (Å²) in [5.74, 6) is 0.702. The van der Waals surface area contributed by atoms with Gasteiger partial charge in [0.15, 0.2) is 5.96 Å². The minimum absolute atomic E-state index is 0.00439. The summed E-state index contributed by atoms with van der Waals surface area (Å²) in [6.45, 7) is 2.27. The zero-order chi connectivity index (χ0) is 17.8. The molecule has 0 spiro atoms. The minimum Gasteiger partial charge on any atom is -0.354 e. The van der Waals surface area contributed by atoms with Crippen LogP contribution in [0.1, 0.15) is 31.4 Å². The maximum Gasteiger partial charge on any atom is 0.243 e. The number of nitrogens with zero attached hydrogens (tertiary/aromatic N) is 2. The smallest absolute Gasteiger partial charge is 0.243 e. The number of hydrogen-bond donors (Lipinski definition) is 2. The Kier molecular flexibility index (Phi) is 5.22. The predicted octanol–water partition coefficient (Wildman–Crippen LogP) is 2.69. The van der Waals surface area contributed by atoms with Crippen LogP contribution in [0.2, 0.25) is 0 Å². The first-order valence-electron chi connectivity index (χ1n) is 8.79. The molecule has 2 N–H and O–H groups in total. The molecule has 1 saturated carbocycles. The van der Waals surface area contributed by atoms with Gasteiger partial charge in [0.2, 0.25) is 5.91 Å². The van der Waals surface area contributed by atoms with Gasteiger partial charge in [-0.3, -0.25) is 4.79 Å². The molecule has 1 atom stereocenters. The van der Waals surface area contributed by atoms with Crippen LogP contribution in [-0.4, -0.2) is 43.4 Å². The number of nitrogens with one attached hydrogen (secondary N) is 2. The number of fused-ring (bicyclic) bond motifs is 1. The van der Waals surface area contributed by atoms with E-state index in [1.165, 1.54) is 16.3 Å². The highest BCUT2D eigenvalue weighted by atomic mass is 16.2. The van der Waals surface area contributed by atoms with E-state index in [2.05, 4.69) is 65.0 Å². The second-order valence-electron chi connectivity index (χ2n) is 6.84. The summed E-state index contributed by atoms with van der Waals surface area (Å²) in [5.41, 5.74) is 1.20. The molecular formula is C20H26N4O. The van der Waals surface area contributed by atoms with E-state index in [4.69, 9.17) is 0 Å². The first-order valence-corrected chi connectivity index (χ1v) is 8.79. The number of carbonyl (C=O) groups excluding carboxylic acids is 1. The average molecular weight is 338 g/mol. The van der Waals surface area contributed by atoms with Crippen molar-refractivity contribution in [3.63, 3.8) is 0 Å². The van der Waals surface area contributed by atoms with Crippen LogP contribution < -0.4 is 10.6 Å². The Morgan fingerprint density at radius 3 is 2.60 bits per heavy atom. The highest BCUT2D eigenvalue weighted by molar-refractivity contribution is 5.86. The first-order chi connectivity index (χ1) is 12.0. The molecule has 1 aliphatic carbocycles. The average Bonchev–Trinajstić information content (AvgIpc) is 3.42. The maximum atomic E-state index is 11.8. The number of benzene rings is 2. The van der Waals surface area contributed by atoms with Crippen molar-refractivity contribution in [1.29, 1.82) is 0 Å². The van der Waals surface area contributed by atoms with Crippen molar-refractivity contribution in [2.45, 2.75) is 31.8 Å². The van der Waals surface area contributed by atoms with Gasteiger partial charge in [-0.05, 0) is 42.2 Å². The Morgan fingerprint density at radius 2 is 1.92 bits per heavy atom. The van der Waals surface area contributed by atoms with E-state index in [1.807, 2.05) is 0 Å². The largest absolute Gasteiger partial charge is 0.354 e. The predicted molar refractivity (Wildman–Crippen MR) is 103 cm³/mol. The molecule has 2 aromatic rings. The summed E-state index contributed by atoms with van der Waals surface area (Å²) in [5, 5.41) is 9.29. The first kappa shape index (κ1) is 17.3. The zero-order valence-corrected chi connectivity index (χ0v) is 15.1. The SMILES string of the molecule is CC(NC(=NCC(=O)N(C)C)NC1CC1)c1ccc2ccccc2c1. The van der Waals surface area contributed by atoms with Gasteiger partial charge in [0.25, 0.3) is 0 Å². The standard InChI is InChI=1S/C20H26N4O/c1-14(16-9-8-15-6-4-5-7-17(15)12-16)22-20(23-18-10-11-18)21-13-19(25)24(2)3/h4-9,12,14,18H,10-11,13H2,1-3H3,(H2,21,22,23). The van der Waals surface area contributed by atoms with E-state index in [1.54, 1.807) is 19.0 Å². The fourth-order valence-corrected chi connectivity index (χ4v) is 2.61. The molecule has 25 heavy (non-hydrogen) atoms. The molecule has 0 heterocycles. The van der Waals surface area contributed by atoms with E-state index < -0.39 is 0 Å². The number of guanidine groups is 1. The van der Waals surface area contributed by atoms with Gasteiger partial charge in [-0.2, -0.15) is 0 Å². The number of amides is 1. The minimum atomic E-state index is -0.00439. The van der Waals surface area contributed by atoms with Gasteiger partial charge >= 0.3 is 0 Å². The van der Waals surface area contributed by atoms with Crippen molar-refractivity contribution in [2.24, 2.45) is 4.99 Å². The summed E-state index contributed by atoms with van der Waals surface area (Å²) in [6, 6.07) is 15.4. The lowest BCUT2D eigenvalue weighted by Gasteiger charge is -2.19. The molecule has 0 radical (unpaired) electrons. The molecule has 0 aliphatic heterocycles. The molecule has 1 unspecified atom stereocenters. The van der Waals surface area contributed by atoms with Gasteiger partial charge in [0.05, 0.1) is 6.04 Å². The van der Waals surface area contributed by atoms with E-state index in [-0.39, 0.29) is 18.5 Å². The van der Waals surface area contributed by atoms with Crippen LogP contribution in [-0.2, 0) is 4.79 Å². The second kappa shape index (κ2) is 7.55. The summed E-state index contributed by atoms with van der Waals surface area (Å²) in [4.78, 5) is 17.8. The van der Waals surface area contributed by atoms with Crippen molar-refractivity contribution in [1.82, 2.24) is 15.5 Å². The van der Waals surface area contributed by atoms with Crippen molar-refractivity contribution in [3.8, 4) is 0 Å². The lowest BCUT2D eigenvalue weighted by molar-refractivity contribution is -0.127. The lowest BCUT2D eigenvalue weighted by atomic mass is 10.0. The zero-order valence-electron chi connectivity index (χ0n) is 15.1. The Morgan fingerprint density at radius 1 is 1.20 bits per heavy atom. The normalized spacial score (nSPS) is 15.7. The van der Waals surface area contributed by atoms with Crippen LogP contribution in [0.3, 0.4) is 0 Å². The molecule has 2 aromatic carbocycles. The second-order valence-corrected chi connectivity index (χ2v) is 6.84. The number of rotatable bonds is 5. The molecule has 1 amide bonds. The molecule has 5 nitrogen and oxygen atoms in total. The highest BCUT2D eigenvalue weighted by Crippen LogP contribution is 2.21. The maximum absolute atomic E-state index is 11.8. The lowest BCUT2D eigenvalue weighted by Crippen LogP contribution is -2.40. The van der Waals surface area contributed by atoms with Crippen LogP contribution >= 0.6 is 0 Å². The van der Waals surface area contributed by atoms with Gasteiger partial charge in [0, 0.05) is 20.1 Å². The fourth-order valence-electron chi connectivity index (χ4n) is 2.61. The molecule has 0 bridgehead atoms. The molecule has 3 rings (SSSR count). The molecule has 0 aromatic heterocycles. The topological polar surface area (TPSA) is 56.7 Å². The Hall–Kier alpha value is -2.56.